The maximum Gasteiger partial charge on any atom is 0.191 e. The monoisotopic (exact) mass is 398 g/mol. The quantitative estimate of drug-likeness (QED) is 0.375. The number of aliphatic imine (C=N–C) groups is 1. The Hall–Kier alpha value is -0.0400. The molecule has 0 aliphatic heterocycles. The lowest BCUT2D eigenvalue weighted by atomic mass is 10.0. The van der Waals surface area contributed by atoms with Crippen LogP contribution in [0.3, 0.4) is 0 Å². The van der Waals surface area contributed by atoms with Crippen LogP contribution in [0.1, 0.15) is 41.0 Å². The summed E-state index contributed by atoms with van der Waals surface area (Å²) < 4.78 is 0. The minimum Gasteiger partial charge on any atom is -0.357 e. The molecule has 0 saturated heterocycles. The largest absolute Gasteiger partial charge is 0.357 e. The molecule has 5 heteroatoms. The van der Waals surface area contributed by atoms with Gasteiger partial charge in [0.25, 0.3) is 0 Å². The topological polar surface area (TPSA) is 39.7 Å². The maximum absolute atomic E-state index is 4.60. The molecule has 0 bridgehead atoms. The summed E-state index contributed by atoms with van der Waals surface area (Å²) in [6.07, 6.45) is 1.20. The summed E-state index contributed by atoms with van der Waals surface area (Å²) >= 11 is 0. The average molecular weight is 398 g/mol. The zero-order chi connectivity index (χ0) is 14.8. The molecule has 0 amide bonds. The Bertz CT molecular complexity index is 252. The Morgan fingerprint density at radius 2 is 1.65 bits per heavy atom. The number of halogens is 1. The molecule has 1 unspecified atom stereocenters. The van der Waals surface area contributed by atoms with Crippen molar-refractivity contribution in [3.8, 4) is 0 Å². The van der Waals surface area contributed by atoms with Crippen LogP contribution in [0.4, 0.5) is 0 Å². The molecule has 0 aromatic carbocycles. The van der Waals surface area contributed by atoms with Gasteiger partial charge in [-0.2, -0.15) is 0 Å². The highest BCUT2D eigenvalue weighted by Crippen LogP contribution is 2.08. The first kappa shape index (κ1) is 22.2. The normalized spacial score (nSPS) is 13.6. The zero-order valence-electron chi connectivity index (χ0n) is 14.4. The highest BCUT2D eigenvalue weighted by Gasteiger charge is 2.13. The van der Waals surface area contributed by atoms with Gasteiger partial charge in [0, 0.05) is 25.7 Å². The van der Waals surface area contributed by atoms with Gasteiger partial charge in [-0.25, -0.2) is 0 Å². The molecule has 122 valence electrons. The minimum absolute atomic E-state index is 0. The van der Waals surface area contributed by atoms with Crippen LogP contribution in [0, 0.1) is 11.8 Å². The summed E-state index contributed by atoms with van der Waals surface area (Å²) in [5.41, 5.74) is 0. The summed E-state index contributed by atoms with van der Waals surface area (Å²) in [5.74, 6) is 2.24. The van der Waals surface area contributed by atoms with Crippen molar-refractivity contribution < 1.29 is 0 Å². The van der Waals surface area contributed by atoms with Crippen LogP contribution in [0.2, 0.25) is 0 Å². The fraction of sp³-hybridized carbons (Fsp3) is 0.933. The predicted molar refractivity (Wildman–Crippen MR) is 101 cm³/mol. The summed E-state index contributed by atoms with van der Waals surface area (Å²) in [4.78, 5) is 6.89. The molecule has 4 nitrogen and oxygen atoms in total. The number of rotatable bonds is 8. The Morgan fingerprint density at radius 3 is 2.05 bits per heavy atom. The van der Waals surface area contributed by atoms with Crippen LogP contribution in [-0.4, -0.2) is 50.6 Å². The second-order valence-electron chi connectivity index (χ2n) is 6.24. The lowest BCUT2D eigenvalue weighted by Crippen LogP contribution is -2.45. The van der Waals surface area contributed by atoms with E-state index in [0.29, 0.717) is 17.9 Å². The first-order chi connectivity index (χ1) is 8.86. The van der Waals surface area contributed by atoms with Crippen molar-refractivity contribution in [2.24, 2.45) is 16.8 Å². The SMILES string of the molecule is CCNC(=NCC(C)C)NCC(CC(C)C)N(C)C.I. The van der Waals surface area contributed by atoms with Gasteiger partial charge < -0.3 is 15.5 Å². The molecule has 0 aliphatic rings. The molecule has 0 aromatic rings. The number of nitrogens with one attached hydrogen (secondary N) is 2. The van der Waals surface area contributed by atoms with E-state index in [0.717, 1.165) is 25.6 Å². The summed E-state index contributed by atoms with van der Waals surface area (Å²) in [7, 11) is 4.29. The average Bonchev–Trinajstić information content (AvgIpc) is 2.29. The van der Waals surface area contributed by atoms with E-state index in [9.17, 15) is 0 Å². The fourth-order valence-electron chi connectivity index (χ4n) is 1.85. The molecule has 2 N–H and O–H groups in total. The van der Waals surface area contributed by atoms with E-state index >= 15 is 0 Å². The second kappa shape index (κ2) is 12.7. The highest BCUT2D eigenvalue weighted by molar-refractivity contribution is 14.0. The van der Waals surface area contributed by atoms with Crippen molar-refractivity contribution in [3.63, 3.8) is 0 Å². The summed E-state index contributed by atoms with van der Waals surface area (Å²) in [5, 5.41) is 6.77. The molecule has 1 atom stereocenters. The molecular weight excluding hydrogens is 363 g/mol. The van der Waals surface area contributed by atoms with Crippen LogP contribution in [0.25, 0.3) is 0 Å². The fourth-order valence-corrected chi connectivity index (χ4v) is 1.85. The van der Waals surface area contributed by atoms with Gasteiger partial charge in [-0.1, -0.05) is 27.7 Å². The molecule has 0 aromatic heterocycles. The number of nitrogens with zero attached hydrogens (tertiary/aromatic N) is 2. The van der Waals surface area contributed by atoms with E-state index in [4.69, 9.17) is 0 Å². The zero-order valence-corrected chi connectivity index (χ0v) is 16.7. The Morgan fingerprint density at radius 1 is 1.05 bits per heavy atom. The van der Waals surface area contributed by atoms with Gasteiger partial charge in [0.05, 0.1) is 0 Å². The van der Waals surface area contributed by atoms with Crippen molar-refractivity contribution in [2.45, 2.75) is 47.1 Å². The molecule has 20 heavy (non-hydrogen) atoms. The first-order valence-electron chi connectivity index (χ1n) is 7.55. The smallest absolute Gasteiger partial charge is 0.191 e. The van der Waals surface area contributed by atoms with Crippen LogP contribution >= 0.6 is 24.0 Å². The first-order valence-corrected chi connectivity index (χ1v) is 7.55. The number of likely N-dealkylation sites (N-methyl/N-ethyl adjacent to an activating group) is 1. The third-order valence-corrected chi connectivity index (χ3v) is 2.94. The predicted octanol–water partition coefficient (Wildman–Crippen LogP) is 2.79. The van der Waals surface area contributed by atoms with Crippen molar-refractivity contribution in [2.75, 3.05) is 33.7 Å². The maximum atomic E-state index is 4.60. The number of hydrogen-bond acceptors (Lipinski definition) is 2. The van der Waals surface area contributed by atoms with Gasteiger partial charge >= 0.3 is 0 Å². The molecule has 0 aliphatic carbocycles. The van der Waals surface area contributed by atoms with Crippen LogP contribution < -0.4 is 10.6 Å². The number of hydrogen-bond donors (Lipinski definition) is 2. The third kappa shape index (κ3) is 11.8. The third-order valence-electron chi connectivity index (χ3n) is 2.94. The van der Waals surface area contributed by atoms with Gasteiger partial charge in [0.1, 0.15) is 0 Å². The lowest BCUT2D eigenvalue weighted by Gasteiger charge is -2.27. The molecular formula is C15H35IN4. The molecule has 0 saturated carbocycles. The van der Waals surface area contributed by atoms with Crippen molar-refractivity contribution in [1.29, 1.82) is 0 Å². The molecule has 0 spiro atoms. The summed E-state index contributed by atoms with van der Waals surface area (Å²) in [6, 6.07) is 0.544. The molecule has 0 rings (SSSR count). The van der Waals surface area contributed by atoms with E-state index in [2.05, 4.69) is 69.2 Å². The van der Waals surface area contributed by atoms with Gasteiger partial charge in [-0.05, 0) is 39.3 Å². The Kier molecular flexibility index (Phi) is 14.1. The van der Waals surface area contributed by atoms with Crippen molar-refractivity contribution in [3.05, 3.63) is 0 Å². The van der Waals surface area contributed by atoms with Crippen molar-refractivity contribution in [1.82, 2.24) is 15.5 Å². The van der Waals surface area contributed by atoms with E-state index < -0.39 is 0 Å². The van der Waals surface area contributed by atoms with E-state index in [1.165, 1.54) is 6.42 Å². The Labute approximate surface area is 143 Å². The summed E-state index contributed by atoms with van der Waals surface area (Å²) in [6.45, 7) is 13.7. The minimum atomic E-state index is 0. The van der Waals surface area contributed by atoms with Crippen molar-refractivity contribution >= 4 is 29.9 Å². The van der Waals surface area contributed by atoms with E-state index in [1.807, 2.05) is 0 Å². The molecule has 0 radical (unpaired) electrons. The lowest BCUT2D eigenvalue weighted by molar-refractivity contribution is 0.254. The molecule has 0 fully saturated rings. The highest BCUT2D eigenvalue weighted by atomic mass is 127. The van der Waals surface area contributed by atoms with Gasteiger partial charge in [0.2, 0.25) is 0 Å². The van der Waals surface area contributed by atoms with Crippen LogP contribution in [-0.2, 0) is 0 Å². The van der Waals surface area contributed by atoms with Crippen LogP contribution in [0.5, 0.6) is 0 Å². The van der Waals surface area contributed by atoms with Crippen LogP contribution in [0.15, 0.2) is 4.99 Å². The Balaban J connectivity index is 0. The van der Waals surface area contributed by atoms with E-state index in [-0.39, 0.29) is 24.0 Å². The standard InChI is InChI=1S/C15H34N4.HI/c1-8-16-15(17-10-13(4)5)18-11-14(19(6)7)9-12(2)3;/h12-14H,8-11H2,1-7H3,(H2,16,17,18);1H. The number of guanidine groups is 1. The van der Waals surface area contributed by atoms with Gasteiger partial charge in [-0.15, -0.1) is 24.0 Å². The van der Waals surface area contributed by atoms with Gasteiger partial charge in [0.15, 0.2) is 5.96 Å². The second-order valence-corrected chi connectivity index (χ2v) is 6.24. The van der Waals surface area contributed by atoms with E-state index in [1.54, 1.807) is 0 Å². The molecule has 0 heterocycles. The van der Waals surface area contributed by atoms with Gasteiger partial charge in [-0.3, -0.25) is 4.99 Å².